The fourth-order valence-electron chi connectivity index (χ4n) is 4.30. The summed E-state index contributed by atoms with van der Waals surface area (Å²) in [5.41, 5.74) is 5.50. The third-order valence-corrected chi connectivity index (χ3v) is 5.94. The monoisotopic (exact) mass is 418 g/mol. The van der Waals surface area contributed by atoms with Gasteiger partial charge in [0.25, 0.3) is 0 Å². The summed E-state index contributed by atoms with van der Waals surface area (Å²) >= 11 is 0. The van der Waals surface area contributed by atoms with Crippen molar-refractivity contribution in [3.63, 3.8) is 0 Å². The zero-order valence-corrected chi connectivity index (χ0v) is 18.8. The Morgan fingerprint density at radius 1 is 1.16 bits per heavy atom. The van der Waals surface area contributed by atoms with Crippen molar-refractivity contribution in [1.29, 1.82) is 0 Å². The van der Waals surface area contributed by atoms with Gasteiger partial charge in [-0.3, -0.25) is 9.36 Å². The summed E-state index contributed by atoms with van der Waals surface area (Å²) in [6, 6.07) is 12.4. The molecule has 0 unspecified atom stereocenters. The second kappa shape index (κ2) is 8.84. The van der Waals surface area contributed by atoms with Crippen molar-refractivity contribution in [3.05, 3.63) is 70.7 Å². The molecule has 0 saturated carbocycles. The van der Waals surface area contributed by atoms with Crippen molar-refractivity contribution in [3.8, 4) is 5.82 Å². The number of amides is 1. The Bertz CT molecular complexity index is 1100. The Balaban J connectivity index is 1.48. The van der Waals surface area contributed by atoms with Gasteiger partial charge in [-0.2, -0.15) is 0 Å². The van der Waals surface area contributed by atoms with E-state index in [1.807, 2.05) is 50.6 Å². The second-order valence-corrected chi connectivity index (χ2v) is 8.31. The van der Waals surface area contributed by atoms with Crippen LogP contribution in [0.15, 0.2) is 47.0 Å². The van der Waals surface area contributed by atoms with E-state index in [0.717, 1.165) is 41.6 Å². The highest BCUT2D eigenvalue weighted by molar-refractivity contribution is 5.91. The van der Waals surface area contributed by atoms with Crippen LogP contribution in [0.25, 0.3) is 11.9 Å². The van der Waals surface area contributed by atoms with E-state index in [9.17, 15) is 4.79 Å². The molecule has 4 rings (SSSR count). The van der Waals surface area contributed by atoms with Crippen LogP contribution in [0, 0.1) is 20.8 Å². The van der Waals surface area contributed by atoms with Crippen LogP contribution in [0.2, 0.25) is 0 Å². The molecule has 0 bridgehead atoms. The molecule has 3 heterocycles. The van der Waals surface area contributed by atoms with Gasteiger partial charge in [-0.05, 0) is 62.9 Å². The molecule has 0 atom stereocenters. The Kier molecular flexibility index (Phi) is 5.98. The zero-order valence-electron chi connectivity index (χ0n) is 18.8. The Labute approximate surface area is 183 Å². The van der Waals surface area contributed by atoms with Gasteiger partial charge in [0.15, 0.2) is 5.82 Å². The standard InChI is InChI=1S/C25H30N4O2/c1-18-15-21(20(3)29(18)24-16-19(2)31-26-24)11-12-25(30)27(4)17-22-9-5-6-10-23(22)28-13-7-8-14-28/h5-6,9-12,15-16H,7-8,13-14,17H2,1-4H3/b12-11+. The highest BCUT2D eigenvalue weighted by atomic mass is 16.5. The molecule has 6 nitrogen and oxygen atoms in total. The van der Waals surface area contributed by atoms with E-state index in [2.05, 4.69) is 34.3 Å². The molecule has 1 fully saturated rings. The van der Waals surface area contributed by atoms with Gasteiger partial charge in [0, 0.05) is 55.9 Å². The van der Waals surface area contributed by atoms with E-state index in [1.165, 1.54) is 24.1 Å². The SMILES string of the molecule is Cc1cc(-n2c(C)cc(/C=C/C(=O)N(C)Cc3ccccc3N3CCCC3)c2C)no1. The number of hydrogen-bond donors (Lipinski definition) is 0. The highest BCUT2D eigenvalue weighted by Crippen LogP contribution is 2.26. The van der Waals surface area contributed by atoms with Crippen LogP contribution in [0.1, 0.15) is 41.1 Å². The fraction of sp³-hybridized carbons (Fsp3) is 0.360. The molecule has 0 radical (unpaired) electrons. The van der Waals surface area contributed by atoms with Crippen LogP contribution in [0.4, 0.5) is 5.69 Å². The van der Waals surface area contributed by atoms with Gasteiger partial charge in [0.2, 0.25) is 5.91 Å². The minimum atomic E-state index is -0.0155. The summed E-state index contributed by atoms with van der Waals surface area (Å²) in [4.78, 5) is 17.0. The number of carbonyl (C=O) groups is 1. The first kappa shape index (κ1) is 21.0. The molecule has 1 saturated heterocycles. The highest BCUT2D eigenvalue weighted by Gasteiger charge is 2.17. The van der Waals surface area contributed by atoms with E-state index in [0.29, 0.717) is 6.54 Å². The van der Waals surface area contributed by atoms with Crippen LogP contribution in [-0.2, 0) is 11.3 Å². The van der Waals surface area contributed by atoms with E-state index in [4.69, 9.17) is 4.52 Å². The van der Waals surface area contributed by atoms with Crippen LogP contribution in [0.3, 0.4) is 0 Å². The Hall–Kier alpha value is -3.28. The molecule has 162 valence electrons. The first-order chi connectivity index (χ1) is 14.9. The van der Waals surface area contributed by atoms with E-state index in [-0.39, 0.29) is 5.91 Å². The average molecular weight is 419 g/mol. The van der Waals surface area contributed by atoms with Gasteiger partial charge in [0.05, 0.1) is 0 Å². The summed E-state index contributed by atoms with van der Waals surface area (Å²) < 4.78 is 7.26. The minimum absolute atomic E-state index is 0.0155. The van der Waals surface area contributed by atoms with E-state index < -0.39 is 0 Å². The van der Waals surface area contributed by atoms with Crippen LogP contribution >= 0.6 is 0 Å². The number of likely N-dealkylation sites (N-methyl/N-ethyl adjacent to an activating group) is 1. The van der Waals surface area contributed by atoms with Gasteiger partial charge >= 0.3 is 0 Å². The smallest absolute Gasteiger partial charge is 0.246 e. The quantitative estimate of drug-likeness (QED) is 0.546. The second-order valence-electron chi connectivity index (χ2n) is 8.31. The van der Waals surface area contributed by atoms with Crippen molar-refractivity contribution in [2.75, 3.05) is 25.0 Å². The number of anilines is 1. The largest absolute Gasteiger partial charge is 0.371 e. The Morgan fingerprint density at radius 3 is 2.61 bits per heavy atom. The molecular formula is C25H30N4O2. The molecule has 1 aliphatic rings. The number of aryl methyl sites for hydroxylation is 2. The maximum atomic E-state index is 12.8. The predicted molar refractivity (Wildman–Crippen MR) is 123 cm³/mol. The minimum Gasteiger partial charge on any atom is -0.371 e. The number of benzene rings is 1. The van der Waals surface area contributed by atoms with Gasteiger partial charge in [-0.1, -0.05) is 23.4 Å². The molecule has 1 aliphatic heterocycles. The topological polar surface area (TPSA) is 54.5 Å². The van der Waals surface area contributed by atoms with Crippen LogP contribution in [0.5, 0.6) is 0 Å². The molecule has 0 aliphatic carbocycles. The van der Waals surface area contributed by atoms with E-state index in [1.54, 1.807) is 11.0 Å². The molecule has 1 amide bonds. The van der Waals surface area contributed by atoms with Gasteiger partial charge in [0.1, 0.15) is 5.76 Å². The average Bonchev–Trinajstić information content (AvgIpc) is 3.48. The molecule has 3 aromatic rings. The van der Waals surface area contributed by atoms with Crippen molar-refractivity contribution < 1.29 is 9.32 Å². The van der Waals surface area contributed by atoms with Crippen molar-refractivity contribution in [2.45, 2.75) is 40.2 Å². The summed E-state index contributed by atoms with van der Waals surface area (Å²) in [7, 11) is 1.86. The molecule has 2 aromatic heterocycles. The normalized spacial score (nSPS) is 14.0. The number of rotatable bonds is 6. The van der Waals surface area contributed by atoms with Gasteiger partial charge in [-0.25, -0.2) is 0 Å². The molecule has 0 N–H and O–H groups in total. The number of nitrogens with zero attached hydrogens (tertiary/aromatic N) is 4. The molecule has 0 spiro atoms. The van der Waals surface area contributed by atoms with E-state index >= 15 is 0 Å². The number of aromatic nitrogens is 2. The van der Waals surface area contributed by atoms with Crippen molar-refractivity contribution in [1.82, 2.24) is 14.6 Å². The lowest BCUT2D eigenvalue weighted by atomic mass is 10.1. The van der Waals surface area contributed by atoms with Gasteiger partial charge < -0.3 is 14.3 Å². The third kappa shape index (κ3) is 4.43. The maximum Gasteiger partial charge on any atom is 0.246 e. The predicted octanol–water partition coefficient (Wildman–Crippen LogP) is 4.66. The molecule has 31 heavy (non-hydrogen) atoms. The lowest BCUT2D eigenvalue weighted by Gasteiger charge is -2.24. The number of carbonyl (C=O) groups excluding carboxylic acids is 1. The van der Waals surface area contributed by atoms with Crippen LogP contribution < -0.4 is 4.90 Å². The molecule has 1 aromatic carbocycles. The lowest BCUT2D eigenvalue weighted by molar-refractivity contribution is -0.125. The number of para-hydroxylation sites is 1. The van der Waals surface area contributed by atoms with Crippen molar-refractivity contribution >= 4 is 17.7 Å². The molecule has 6 heteroatoms. The van der Waals surface area contributed by atoms with Crippen LogP contribution in [-0.4, -0.2) is 40.7 Å². The maximum absolute atomic E-state index is 12.8. The summed E-state index contributed by atoms with van der Waals surface area (Å²) in [5.74, 6) is 1.51. The summed E-state index contributed by atoms with van der Waals surface area (Å²) in [6.45, 7) is 8.70. The zero-order chi connectivity index (χ0) is 22.0. The summed E-state index contributed by atoms with van der Waals surface area (Å²) in [5, 5.41) is 4.12. The molecular weight excluding hydrogens is 388 g/mol. The lowest BCUT2D eigenvalue weighted by Crippen LogP contribution is -2.26. The third-order valence-electron chi connectivity index (χ3n) is 5.94. The van der Waals surface area contributed by atoms with Crippen molar-refractivity contribution in [2.24, 2.45) is 0 Å². The first-order valence-electron chi connectivity index (χ1n) is 10.8. The van der Waals surface area contributed by atoms with Gasteiger partial charge in [-0.15, -0.1) is 0 Å². The summed E-state index contributed by atoms with van der Waals surface area (Å²) in [6.07, 6.45) is 6.01. The first-order valence-corrected chi connectivity index (χ1v) is 10.8. The Morgan fingerprint density at radius 2 is 1.90 bits per heavy atom. The fourth-order valence-corrected chi connectivity index (χ4v) is 4.30. The number of hydrogen-bond acceptors (Lipinski definition) is 4.